The van der Waals surface area contributed by atoms with Crippen molar-refractivity contribution < 1.29 is 23.7 Å². The zero-order valence-electron chi connectivity index (χ0n) is 28.7. The van der Waals surface area contributed by atoms with Crippen molar-refractivity contribution in [1.82, 2.24) is 14.8 Å². The topological polar surface area (TPSA) is 72.0 Å². The first-order chi connectivity index (χ1) is 22.3. The maximum absolute atomic E-state index is 14.7. The van der Waals surface area contributed by atoms with Crippen LogP contribution in [0.4, 0.5) is 8.78 Å². The Morgan fingerprint density at radius 3 is 1.77 bits per heavy atom. The van der Waals surface area contributed by atoms with Gasteiger partial charge in [-0.3, -0.25) is 0 Å². The van der Waals surface area contributed by atoms with E-state index in [9.17, 15) is 19.0 Å². The summed E-state index contributed by atoms with van der Waals surface area (Å²) in [6.07, 6.45) is 2.26. The molecular weight excluding hydrogens is 596 g/mol. The molecule has 3 N–H and O–H groups in total. The molecule has 5 rings (SSSR count). The highest BCUT2D eigenvalue weighted by molar-refractivity contribution is 5.85. The molecule has 1 aromatic heterocycles. The number of aromatic nitrogens is 1. The molecule has 3 aromatic carbocycles. The second-order valence-electron chi connectivity index (χ2n) is 14.0. The molecule has 6 nitrogen and oxygen atoms in total. The molecule has 0 saturated carbocycles. The number of aromatic amines is 1. The lowest BCUT2D eigenvalue weighted by molar-refractivity contribution is -0.148. The first-order valence-electron chi connectivity index (χ1n) is 16.9. The van der Waals surface area contributed by atoms with Gasteiger partial charge in [0.05, 0.1) is 23.5 Å². The fourth-order valence-corrected chi connectivity index (χ4v) is 8.09. The molecule has 0 radical (unpaired) electrons. The van der Waals surface area contributed by atoms with E-state index in [1.54, 1.807) is 24.3 Å². The summed E-state index contributed by atoms with van der Waals surface area (Å²) < 4.78 is 36.3. The number of benzene rings is 3. The van der Waals surface area contributed by atoms with Gasteiger partial charge in [0.2, 0.25) is 0 Å². The summed E-state index contributed by atoms with van der Waals surface area (Å²) in [7, 11) is 7.91. The molecule has 4 atom stereocenters. The number of nitrogens with one attached hydrogen (secondary N) is 1. The second kappa shape index (κ2) is 14.1. The fourth-order valence-electron chi connectivity index (χ4n) is 8.09. The average molecular weight is 648 g/mol. The number of H-pyrrole nitrogens is 1. The van der Waals surface area contributed by atoms with Gasteiger partial charge in [0.25, 0.3) is 0 Å². The van der Waals surface area contributed by atoms with E-state index in [0.717, 1.165) is 23.0 Å². The summed E-state index contributed by atoms with van der Waals surface area (Å²) >= 11 is 0. The Bertz CT molecular complexity index is 1580. The van der Waals surface area contributed by atoms with Crippen LogP contribution in [-0.4, -0.2) is 72.9 Å². The van der Waals surface area contributed by atoms with Gasteiger partial charge < -0.3 is 29.7 Å². The molecule has 0 aliphatic carbocycles. The molecule has 47 heavy (non-hydrogen) atoms. The summed E-state index contributed by atoms with van der Waals surface area (Å²) in [4.78, 5) is 7.84. The predicted octanol–water partition coefficient (Wildman–Crippen LogP) is 6.95. The van der Waals surface area contributed by atoms with Crippen LogP contribution in [0.3, 0.4) is 0 Å². The summed E-state index contributed by atoms with van der Waals surface area (Å²) in [6.45, 7) is 5.37. The molecule has 0 spiro atoms. The SMILES string of the molecule is CCC(O)(c1cccc(F)c1)C(CN(C)C)CC1(CC(CN(C)C)C(O)(CC)c2cccc(F)c2)OCCc2c1[nH]c1ccccc21. The van der Waals surface area contributed by atoms with Crippen LogP contribution in [-0.2, 0) is 28.0 Å². The van der Waals surface area contributed by atoms with Crippen molar-refractivity contribution in [3.8, 4) is 0 Å². The van der Waals surface area contributed by atoms with Crippen molar-refractivity contribution >= 4 is 10.9 Å². The van der Waals surface area contributed by atoms with Gasteiger partial charge in [-0.25, -0.2) is 8.78 Å². The molecule has 1 aliphatic rings. The molecule has 0 bridgehead atoms. The number of hydrogen-bond donors (Lipinski definition) is 3. The lowest BCUT2D eigenvalue weighted by atomic mass is 9.67. The second-order valence-corrected chi connectivity index (χ2v) is 14.0. The van der Waals surface area contributed by atoms with Gasteiger partial charge in [0, 0.05) is 35.8 Å². The Hall–Kier alpha value is -3.14. The third-order valence-corrected chi connectivity index (χ3v) is 10.4. The number of hydrogen-bond acceptors (Lipinski definition) is 5. The van der Waals surface area contributed by atoms with Gasteiger partial charge in [-0.15, -0.1) is 0 Å². The Balaban J connectivity index is 1.72. The Morgan fingerprint density at radius 1 is 0.787 bits per heavy atom. The van der Waals surface area contributed by atoms with Crippen LogP contribution in [0.15, 0.2) is 72.8 Å². The largest absolute Gasteiger partial charge is 0.385 e. The smallest absolute Gasteiger partial charge is 0.123 e. The van der Waals surface area contributed by atoms with Crippen LogP contribution in [0, 0.1) is 23.5 Å². The number of halogens is 2. The molecule has 0 amide bonds. The van der Waals surface area contributed by atoms with Crippen LogP contribution >= 0.6 is 0 Å². The van der Waals surface area contributed by atoms with Gasteiger partial charge >= 0.3 is 0 Å². The van der Waals surface area contributed by atoms with E-state index in [-0.39, 0.29) is 11.8 Å². The standard InChI is InChI=1S/C39H51F2N3O3/c1-7-38(45,27-13-11-15-31(40)21-27)29(25-43(3)4)23-37(36-34(19-20-47-37)33-17-9-10-18-35(33)42-36)24-30(26-44(5)6)39(46,8-2)28-14-12-16-32(41)22-28/h9-18,21-22,29-30,42,45-46H,7-8,19-20,23-26H2,1-6H3. The Labute approximate surface area is 278 Å². The molecule has 1 aliphatic heterocycles. The zero-order chi connectivity index (χ0) is 34.0. The first-order valence-corrected chi connectivity index (χ1v) is 16.9. The van der Waals surface area contributed by atoms with Crippen molar-refractivity contribution in [3.05, 3.63) is 107 Å². The van der Waals surface area contributed by atoms with E-state index >= 15 is 0 Å². The number of nitrogens with zero attached hydrogens (tertiary/aromatic N) is 2. The number of para-hydroxylation sites is 1. The fraction of sp³-hybridized carbons (Fsp3) is 0.487. The van der Waals surface area contributed by atoms with Crippen molar-refractivity contribution in [2.75, 3.05) is 47.9 Å². The van der Waals surface area contributed by atoms with Crippen LogP contribution in [0.5, 0.6) is 0 Å². The molecule has 0 saturated heterocycles. The molecule has 0 fully saturated rings. The average Bonchev–Trinajstić information content (AvgIpc) is 3.43. The van der Waals surface area contributed by atoms with Crippen LogP contribution < -0.4 is 0 Å². The summed E-state index contributed by atoms with van der Waals surface area (Å²) in [5, 5.41) is 26.3. The molecule has 8 heteroatoms. The maximum Gasteiger partial charge on any atom is 0.123 e. The van der Waals surface area contributed by atoms with E-state index < -0.39 is 28.4 Å². The van der Waals surface area contributed by atoms with E-state index in [0.29, 0.717) is 56.5 Å². The highest BCUT2D eigenvalue weighted by Crippen LogP contribution is 2.51. The van der Waals surface area contributed by atoms with Crippen LogP contribution in [0.1, 0.15) is 61.9 Å². The summed E-state index contributed by atoms with van der Waals surface area (Å²) in [6, 6.07) is 20.8. The Morgan fingerprint density at radius 2 is 1.30 bits per heavy atom. The maximum atomic E-state index is 14.7. The van der Waals surface area contributed by atoms with E-state index in [1.165, 1.54) is 29.8 Å². The summed E-state index contributed by atoms with van der Waals surface area (Å²) in [5.41, 5.74) is 0.505. The van der Waals surface area contributed by atoms with Crippen LogP contribution in [0.25, 0.3) is 10.9 Å². The number of aliphatic hydroxyl groups is 2. The van der Waals surface area contributed by atoms with Crippen LogP contribution in [0.2, 0.25) is 0 Å². The lowest BCUT2D eigenvalue weighted by Crippen LogP contribution is -2.50. The van der Waals surface area contributed by atoms with Crippen molar-refractivity contribution in [2.24, 2.45) is 11.8 Å². The van der Waals surface area contributed by atoms with E-state index in [1.807, 2.05) is 54.2 Å². The van der Waals surface area contributed by atoms with E-state index in [4.69, 9.17) is 4.74 Å². The minimum atomic E-state index is -1.37. The lowest BCUT2D eigenvalue weighted by Gasteiger charge is -2.48. The monoisotopic (exact) mass is 647 g/mol. The molecule has 4 aromatic rings. The van der Waals surface area contributed by atoms with Gasteiger partial charge in [-0.05, 0) is 107 Å². The minimum absolute atomic E-state index is 0.369. The molecule has 2 heterocycles. The highest BCUT2D eigenvalue weighted by Gasteiger charge is 2.51. The quantitative estimate of drug-likeness (QED) is 0.138. The van der Waals surface area contributed by atoms with Crippen molar-refractivity contribution in [1.29, 1.82) is 0 Å². The van der Waals surface area contributed by atoms with Gasteiger partial charge in [-0.1, -0.05) is 56.3 Å². The number of ether oxygens (including phenoxy) is 1. The Kier molecular flexibility index (Phi) is 10.6. The predicted molar refractivity (Wildman–Crippen MR) is 184 cm³/mol. The third-order valence-electron chi connectivity index (χ3n) is 10.4. The van der Waals surface area contributed by atoms with E-state index in [2.05, 4.69) is 26.9 Å². The molecule has 4 unspecified atom stereocenters. The summed E-state index contributed by atoms with van der Waals surface area (Å²) in [5.74, 6) is -1.56. The minimum Gasteiger partial charge on any atom is -0.385 e. The normalized spacial score (nSPS) is 20.6. The number of rotatable bonds is 14. The third kappa shape index (κ3) is 7.03. The van der Waals surface area contributed by atoms with Crippen molar-refractivity contribution in [3.63, 3.8) is 0 Å². The molecule has 254 valence electrons. The molecular formula is C39H51F2N3O3. The van der Waals surface area contributed by atoms with Gasteiger partial charge in [-0.2, -0.15) is 0 Å². The highest BCUT2D eigenvalue weighted by atomic mass is 19.1. The van der Waals surface area contributed by atoms with Gasteiger partial charge in [0.1, 0.15) is 17.2 Å². The van der Waals surface area contributed by atoms with Crippen molar-refractivity contribution in [2.45, 2.75) is 62.8 Å². The van der Waals surface area contributed by atoms with Gasteiger partial charge in [0.15, 0.2) is 0 Å². The first kappa shape index (κ1) is 35.2. The zero-order valence-corrected chi connectivity index (χ0v) is 28.7. The number of fused-ring (bicyclic) bond motifs is 3.